The van der Waals surface area contributed by atoms with Crippen molar-refractivity contribution in [1.82, 2.24) is 14.4 Å². The summed E-state index contributed by atoms with van der Waals surface area (Å²) in [5.74, 6) is 1.46. The van der Waals surface area contributed by atoms with Crippen LogP contribution in [0.5, 0.6) is 11.5 Å². The van der Waals surface area contributed by atoms with Crippen LogP contribution in [0, 0.1) is 0 Å². The molecule has 8 heteroatoms. The lowest BCUT2D eigenvalue weighted by Gasteiger charge is -2.08. The van der Waals surface area contributed by atoms with E-state index in [0.717, 1.165) is 33.5 Å². The molecule has 1 aromatic carbocycles. The topological polar surface area (TPSA) is 48.7 Å². The van der Waals surface area contributed by atoms with E-state index in [2.05, 4.69) is 4.98 Å². The van der Waals surface area contributed by atoms with Crippen LogP contribution in [0.25, 0.3) is 16.9 Å². The van der Waals surface area contributed by atoms with Crippen molar-refractivity contribution in [1.29, 1.82) is 0 Å². The van der Waals surface area contributed by atoms with E-state index in [0.29, 0.717) is 22.1 Å². The summed E-state index contributed by atoms with van der Waals surface area (Å²) >= 11 is 13.8. The lowest BCUT2D eigenvalue weighted by Crippen LogP contribution is -1.91. The second-order valence-electron chi connectivity index (χ2n) is 5.84. The molecule has 0 aliphatic heterocycles. The predicted octanol–water partition coefficient (Wildman–Crippen LogP) is 5.37. The number of halogens is 2. The summed E-state index contributed by atoms with van der Waals surface area (Å²) in [6.07, 6.45) is 4.32. The van der Waals surface area contributed by atoms with Gasteiger partial charge < -0.3 is 13.9 Å². The second kappa shape index (κ2) is 7.38. The molecule has 138 valence electrons. The van der Waals surface area contributed by atoms with Crippen molar-refractivity contribution in [2.45, 2.75) is 6.42 Å². The average Bonchev–Trinajstić information content (AvgIpc) is 3.28. The number of pyridine rings is 1. The number of fused-ring (bicyclic) bond motifs is 1. The molecule has 4 rings (SSSR count). The standard InChI is InChI=1S/C19H15Cl2N3O2S/c1-25-13-3-4-14(17(7-13)26-2)16-10-27-18(23-16)6-12-9-24-8-11(20)5-15(21)19(24)22-12/h3-5,7-10H,6H2,1-2H3. The van der Waals surface area contributed by atoms with Crippen molar-refractivity contribution >= 4 is 40.2 Å². The van der Waals surface area contributed by atoms with E-state index >= 15 is 0 Å². The molecule has 0 N–H and O–H groups in total. The molecule has 3 heterocycles. The number of nitrogens with zero attached hydrogens (tertiary/aromatic N) is 3. The third-order valence-corrected chi connectivity index (χ3v) is 5.43. The maximum Gasteiger partial charge on any atom is 0.155 e. The number of ether oxygens (including phenoxy) is 2. The third kappa shape index (κ3) is 3.60. The first-order chi connectivity index (χ1) is 13.1. The number of rotatable bonds is 5. The van der Waals surface area contributed by atoms with Crippen LogP contribution in [-0.4, -0.2) is 28.6 Å². The summed E-state index contributed by atoms with van der Waals surface area (Å²) in [5.41, 5.74) is 3.34. The van der Waals surface area contributed by atoms with E-state index in [1.54, 1.807) is 37.8 Å². The highest BCUT2D eigenvalue weighted by atomic mass is 35.5. The average molecular weight is 420 g/mol. The molecule has 0 atom stereocenters. The summed E-state index contributed by atoms with van der Waals surface area (Å²) in [6, 6.07) is 7.38. The normalized spacial score (nSPS) is 11.1. The Kier molecular flexibility index (Phi) is 4.95. The minimum atomic E-state index is 0.525. The van der Waals surface area contributed by atoms with E-state index in [-0.39, 0.29) is 0 Å². The van der Waals surface area contributed by atoms with Gasteiger partial charge >= 0.3 is 0 Å². The van der Waals surface area contributed by atoms with Crippen molar-refractivity contribution in [3.63, 3.8) is 0 Å². The highest BCUT2D eigenvalue weighted by Crippen LogP contribution is 2.34. The molecule has 4 aromatic rings. The van der Waals surface area contributed by atoms with E-state index in [4.69, 9.17) is 37.7 Å². The fraction of sp³-hybridized carbons (Fsp3) is 0.158. The van der Waals surface area contributed by atoms with Crippen LogP contribution in [0.4, 0.5) is 0 Å². The van der Waals surface area contributed by atoms with Gasteiger partial charge in [0.05, 0.1) is 40.7 Å². The Morgan fingerprint density at radius 3 is 2.70 bits per heavy atom. The van der Waals surface area contributed by atoms with Gasteiger partial charge in [0.25, 0.3) is 0 Å². The van der Waals surface area contributed by atoms with Gasteiger partial charge in [0.1, 0.15) is 11.5 Å². The summed E-state index contributed by atoms with van der Waals surface area (Å²) < 4.78 is 12.6. The van der Waals surface area contributed by atoms with Crippen LogP contribution in [-0.2, 0) is 6.42 Å². The molecule has 0 amide bonds. The van der Waals surface area contributed by atoms with Crippen molar-refractivity contribution in [3.05, 3.63) is 62.8 Å². The van der Waals surface area contributed by atoms with E-state index in [1.165, 1.54) is 0 Å². The number of thiazole rings is 1. The molecule has 0 saturated heterocycles. The lowest BCUT2D eigenvalue weighted by molar-refractivity contribution is 0.395. The molecule has 0 aliphatic carbocycles. The van der Waals surface area contributed by atoms with E-state index in [1.807, 2.05) is 34.2 Å². The molecule has 0 bridgehead atoms. The van der Waals surface area contributed by atoms with Gasteiger partial charge in [-0.15, -0.1) is 11.3 Å². The highest BCUT2D eigenvalue weighted by Gasteiger charge is 2.13. The van der Waals surface area contributed by atoms with Gasteiger partial charge in [-0.1, -0.05) is 23.2 Å². The Bertz CT molecular complexity index is 1120. The smallest absolute Gasteiger partial charge is 0.155 e. The number of hydrogen-bond acceptors (Lipinski definition) is 5. The third-order valence-electron chi connectivity index (χ3n) is 4.09. The number of imidazole rings is 1. The zero-order valence-corrected chi connectivity index (χ0v) is 16.9. The summed E-state index contributed by atoms with van der Waals surface area (Å²) in [7, 11) is 3.26. The van der Waals surface area contributed by atoms with Crippen molar-refractivity contribution in [3.8, 4) is 22.8 Å². The Hall–Kier alpha value is -2.28. The number of methoxy groups -OCH3 is 2. The molecule has 3 aromatic heterocycles. The zero-order chi connectivity index (χ0) is 19.0. The van der Waals surface area contributed by atoms with Gasteiger partial charge in [0.15, 0.2) is 5.65 Å². The maximum absolute atomic E-state index is 6.22. The Morgan fingerprint density at radius 2 is 1.93 bits per heavy atom. The van der Waals surface area contributed by atoms with Crippen LogP contribution >= 0.6 is 34.5 Å². The zero-order valence-electron chi connectivity index (χ0n) is 14.6. The fourth-order valence-electron chi connectivity index (χ4n) is 2.84. The van der Waals surface area contributed by atoms with Gasteiger partial charge in [0, 0.05) is 35.8 Å². The molecular formula is C19H15Cl2N3O2S. The van der Waals surface area contributed by atoms with Crippen molar-refractivity contribution in [2.24, 2.45) is 0 Å². The van der Waals surface area contributed by atoms with Crippen LogP contribution < -0.4 is 9.47 Å². The largest absolute Gasteiger partial charge is 0.497 e. The molecule has 0 saturated carbocycles. The maximum atomic E-state index is 6.22. The summed E-state index contributed by atoms with van der Waals surface area (Å²) in [6.45, 7) is 0. The van der Waals surface area contributed by atoms with Crippen LogP contribution in [0.2, 0.25) is 10.0 Å². The Balaban J connectivity index is 1.63. The predicted molar refractivity (Wildman–Crippen MR) is 109 cm³/mol. The molecule has 27 heavy (non-hydrogen) atoms. The number of benzene rings is 1. The lowest BCUT2D eigenvalue weighted by atomic mass is 10.1. The molecular weight excluding hydrogens is 405 g/mol. The summed E-state index contributed by atoms with van der Waals surface area (Å²) in [5, 5.41) is 4.06. The van der Waals surface area contributed by atoms with E-state index < -0.39 is 0 Å². The first kappa shape index (κ1) is 18.1. The Labute approximate surface area is 170 Å². The SMILES string of the molecule is COc1ccc(-c2csc(Cc3cn4cc(Cl)cc(Cl)c4n3)n2)c(OC)c1. The molecule has 0 fully saturated rings. The molecule has 0 radical (unpaired) electrons. The van der Waals surface area contributed by atoms with Gasteiger partial charge in [0.2, 0.25) is 0 Å². The first-order valence-corrected chi connectivity index (χ1v) is 9.70. The molecule has 0 spiro atoms. The second-order valence-corrected chi connectivity index (χ2v) is 7.63. The highest BCUT2D eigenvalue weighted by molar-refractivity contribution is 7.10. The van der Waals surface area contributed by atoms with Crippen LogP contribution in [0.1, 0.15) is 10.7 Å². The van der Waals surface area contributed by atoms with Gasteiger partial charge in [-0.2, -0.15) is 0 Å². The minimum Gasteiger partial charge on any atom is -0.497 e. The molecule has 0 unspecified atom stereocenters. The van der Waals surface area contributed by atoms with E-state index in [9.17, 15) is 0 Å². The Morgan fingerprint density at radius 1 is 1.07 bits per heavy atom. The molecule has 5 nitrogen and oxygen atoms in total. The van der Waals surface area contributed by atoms with Gasteiger partial charge in [-0.05, 0) is 18.2 Å². The van der Waals surface area contributed by atoms with Crippen molar-refractivity contribution in [2.75, 3.05) is 14.2 Å². The monoisotopic (exact) mass is 419 g/mol. The minimum absolute atomic E-state index is 0.525. The summed E-state index contributed by atoms with van der Waals surface area (Å²) in [4.78, 5) is 9.32. The van der Waals surface area contributed by atoms with Gasteiger partial charge in [-0.3, -0.25) is 0 Å². The fourth-order valence-corrected chi connectivity index (χ4v) is 4.18. The first-order valence-electron chi connectivity index (χ1n) is 8.07. The van der Waals surface area contributed by atoms with Crippen molar-refractivity contribution < 1.29 is 9.47 Å². The molecule has 0 aliphatic rings. The van der Waals surface area contributed by atoms with Crippen LogP contribution in [0.3, 0.4) is 0 Å². The van der Waals surface area contributed by atoms with Crippen LogP contribution in [0.15, 0.2) is 42.0 Å². The quantitative estimate of drug-likeness (QED) is 0.436. The number of hydrogen-bond donors (Lipinski definition) is 0. The van der Waals surface area contributed by atoms with Gasteiger partial charge in [-0.25, -0.2) is 9.97 Å². The number of aromatic nitrogens is 3.